The predicted octanol–water partition coefficient (Wildman–Crippen LogP) is 0.779. The number of hydrogen-bond acceptors (Lipinski definition) is 7. The summed E-state index contributed by atoms with van der Waals surface area (Å²) in [6.07, 6.45) is 3.79. The van der Waals surface area contributed by atoms with E-state index in [-0.39, 0.29) is 11.9 Å². The van der Waals surface area contributed by atoms with Gasteiger partial charge in [0.25, 0.3) is 0 Å². The zero-order valence-electron chi connectivity index (χ0n) is 13.5. The zero-order chi connectivity index (χ0) is 16.7. The number of thiazole rings is 1. The minimum Gasteiger partial charge on any atom is -0.351 e. The Bertz CT molecular complexity index is 883. The SMILES string of the molecule is Cc1ncc(CC(=O)N(C)C2CN(c3ccc4nncn4n3)C2)s1. The van der Waals surface area contributed by atoms with Crippen LogP contribution in [-0.4, -0.2) is 61.8 Å². The summed E-state index contributed by atoms with van der Waals surface area (Å²) >= 11 is 1.58. The van der Waals surface area contributed by atoms with Crippen LogP contribution in [0, 0.1) is 6.92 Å². The third kappa shape index (κ3) is 2.71. The summed E-state index contributed by atoms with van der Waals surface area (Å²) in [4.78, 5) is 21.6. The molecule has 3 aromatic heterocycles. The Morgan fingerprint density at radius 3 is 3.00 bits per heavy atom. The normalized spacial score (nSPS) is 14.8. The van der Waals surface area contributed by atoms with E-state index >= 15 is 0 Å². The summed E-state index contributed by atoms with van der Waals surface area (Å²) < 4.78 is 1.66. The van der Waals surface area contributed by atoms with Crippen LogP contribution in [0.5, 0.6) is 0 Å². The first kappa shape index (κ1) is 15.0. The van der Waals surface area contributed by atoms with Gasteiger partial charge in [-0.05, 0) is 19.1 Å². The van der Waals surface area contributed by atoms with Gasteiger partial charge in [-0.1, -0.05) is 0 Å². The van der Waals surface area contributed by atoms with Crippen LogP contribution in [-0.2, 0) is 11.2 Å². The van der Waals surface area contributed by atoms with Crippen molar-refractivity contribution in [1.29, 1.82) is 0 Å². The molecule has 1 aliphatic heterocycles. The fourth-order valence-corrected chi connectivity index (χ4v) is 3.52. The third-order valence-electron chi connectivity index (χ3n) is 4.27. The van der Waals surface area contributed by atoms with Crippen molar-refractivity contribution in [2.24, 2.45) is 0 Å². The predicted molar refractivity (Wildman–Crippen MR) is 90.1 cm³/mol. The maximum atomic E-state index is 12.4. The van der Waals surface area contributed by atoms with Gasteiger partial charge < -0.3 is 9.80 Å². The van der Waals surface area contributed by atoms with Gasteiger partial charge in [-0.3, -0.25) is 4.79 Å². The lowest BCUT2D eigenvalue weighted by Crippen LogP contribution is -2.60. The molecule has 4 heterocycles. The Morgan fingerprint density at radius 1 is 1.42 bits per heavy atom. The second kappa shape index (κ2) is 5.82. The summed E-state index contributed by atoms with van der Waals surface area (Å²) in [6.45, 7) is 3.51. The first-order valence-electron chi connectivity index (χ1n) is 7.69. The number of rotatable bonds is 4. The van der Waals surface area contributed by atoms with Crippen molar-refractivity contribution in [2.45, 2.75) is 19.4 Å². The van der Waals surface area contributed by atoms with Crippen LogP contribution >= 0.6 is 11.3 Å². The summed E-state index contributed by atoms with van der Waals surface area (Å²) in [6, 6.07) is 4.04. The molecule has 1 saturated heterocycles. The van der Waals surface area contributed by atoms with Gasteiger partial charge in [0.05, 0.1) is 17.5 Å². The largest absolute Gasteiger partial charge is 0.351 e. The fourth-order valence-electron chi connectivity index (χ4n) is 2.74. The van der Waals surface area contributed by atoms with E-state index in [1.54, 1.807) is 28.4 Å². The number of aromatic nitrogens is 5. The average Bonchev–Trinajstić information content (AvgIpc) is 3.13. The number of hydrogen-bond donors (Lipinski definition) is 0. The maximum Gasteiger partial charge on any atom is 0.228 e. The zero-order valence-corrected chi connectivity index (χ0v) is 14.3. The van der Waals surface area contributed by atoms with E-state index in [1.165, 1.54) is 0 Å². The molecule has 0 bridgehead atoms. The second-order valence-corrected chi connectivity index (χ2v) is 7.23. The molecule has 0 atom stereocenters. The number of anilines is 1. The van der Waals surface area contributed by atoms with Gasteiger partial charge in [-0.25, -0.2) is 4.98 Å². The molecule has 8 nitrogen and oxygen atoms in total. The molecule has 0 unspecified atom stereocenters. The molecule has 1 fully saturated rings. The van der Waals surface area contributed by atoms with E-state index in [9.17, 15) is 4.79 Å². The molecule has 0 aliphatic carbocycles. The lowest BCUT2D eigenvalue weighted by molar-refractivity contribution is -0.131. The number of carbonyl (C=O) groups is 1. The first-order chi connectivity index (χ1) is 11.6. The smallest absolute Gasteiger partial charge is 0.228 e. The molecular weight excluding hydrogens is 326 g/mol. The molecule has 0 radical (unpaired) electrons. The lowest BCUT2D eigenvalue weighted by Gasteiger charge is -2.44. The molecule has 9 heteroatoms. The Hall–Kier alpha value is -2.55. The second-order valence-electron chi connectivity index (χ2n) is 5.91. The highest BCUT2D eigenvalue weighted by atomic mass is 32.1. The van der Waals surface area contributed by atoms with E-state index in [0.717, 1.165) is 34.4 Å². The summed E-state index contributed by atoms with van der Waals surface area (Å²) in [5.74, 6) is 1.00. The van der Waals surface area contributed by atoms with E-state index in [2.05, 4.69) is 25.2 Å². The van der Waals surface area contributed by atoms with Gasteiger partial charge >= 0.3 is 0 Å². The molecule has 4 rings (SSSR count). The summed E-state index contributed by atoms with van der Waals surface area (Å²) in [5.41, 5.74) is 0.725. The quantitative estimate of drug-likeness (QED) is 0.696. The van der Waals surface area contributed by atoms with Gasteiger partial charge in [0.15, 0.2) is 5.65 Å². The summed E-state index contributed by atoms with van der Waals surface area (Å²) in [5, 5.41) is 13.2. The monoisotopic (exact) mass is 343 g/mol. The number of fused-ring (bicyclic) bond motifs is 1. The van der Waals surface area contributed by atoms with E-state index in [1.807, 2.05) is 31.0 Å². The first-order valence-corrected chi connectivity index (χ1v) is 8.51. The molecule has 1 amide bonds. The molecule has 0 saturated carbocycles. The van der Waals surface area contributed by atoms with Crippen LogP contribution in [0.4, 0.5) is 5.82 Å². The van der Waals surface area contributed by atoms with Crippen LogP contribution in [0.15, 0.2) is 24.7 Å². The number of amides is 1. The van der Waals surface area contributed by atoms with Crippen molar-refractivity contribution in [2.75, 3.05) is 25.0 Å². The van der Waals surface area contributed by atoms with Crippen LogP contribution in [0.25, 0.3) is 5.65 Å². The highest BCUT2D eigenvalue weighted by molar-refractivity contribution is 7.11. The highest BCUT2D eigenvalue weighted by Gasteiger charge is 2.33. The Labute approximate surface area is 142 Å². The van der Waals surface area contributed by atoms with Crippen molar-refractivity contribution in [1.82, 2.24) is 29.7 Å². The average molecular weight is 343 g/mol. The van der Waals surface area contributed by atoms with Crippen molar-refractivity contribution >= 4 is 28.7 Å². The Kier molecular flexibility index (Phi) is 3.64. The number of carbonyl (C=O) groups excluding carboxylic acids is 1. The topological polar surface area (TPSA) is 79.5 Å². The molecular formula is C15H17N7OS. The standard InChI is InChI=1S/C15H17N7OS/c1-10-16-6-12(24-10)5-15(23)20(2)11-7-21(8-11)14-4-3-13-18-17-9-22(13)19-14/h3-4,6,9,11H,5,7-8H2,1-2H3. The number of aryl methyl sites for hydroxylation is 1. The van der Waals surface area contributed by atoms with Crippen LogP contribution in [0.3, 0.4) is 0 Å². The van der Waals surface area contributed by atoms with E-state index in [4.69, 9.17) is 0 Å². The molecule has 3 aromatic rings. The molecule has 24 heavy (non-hydrogen) atoms. The molecule has 0 spiro atoms. The van der Waals surface area contributed by atoms with E-state index < -0.39 is 0 Å². The van der Waals surface area contributed by atoms with Gasteiger partial charge in [-0.15, -0.1) is 26.6 Å². The van der Waals surface area contributed by atoms with Gasteiger partial charge in [0, 0.05) is 31.2 Å². The number of nitrogens with zero attached hydrogens (tertiary/aromatic N) is 7. The van der Waals surface area contributed by atoms with E-state index in [0.29, 0.717) is 6.42 Å². The van der Waals surface area contributed by atoms with Crippen molar-refractivity contribution in [3.05, 3.63) is 34.5 Å². The fraction of sp³-hybridized carbons (Fsp3) is 0.400. The van der Waals surface area contributed by atoms with Crippen molar-refractivity contribution in [3.8, 4) is 0 Å². The molecule has 1 aliphatic rings. The Morgan fingerprint density at radius 2 is 2.25 bits per heavy atom. The minimum atomic E-state index is 0.130. The molecule has 0 N–H and O–H groups in total. The minimum absolute atomic E-state index is 0.130. The third-order valence-corrected chi connectivity index (χ3v) is 5.18. The maximum absolute atomic E-state index is 12.4. The molecule has 124 valence electrons. The number of likely N-dealkylation sites (N-methyl/N-ethyl adjacent to an activating group) is 1. The highest BCUT2D eigenvalue weighted by Crippen LogP contribution is 2.22. The van der Waals surface area contributed by atoms with Gasteiger partial charge in [-0.2, -0.15) is 4.52 Å². The van der Waals surface area contributed by atoms with Crippen LogP contribution < -0.4 is 4.90 Å². The lowest BCUT2D eigenvalue weighted by atomic mass is 10.1. The van der Waals surface area contributed by atoms with Crippen LogP contribution in [0.1, 0.15) is 9.88 Å². The Balaban J connectivity index is 1.36. The molecule has 0 aromatic carbocycles. The summed E-state index contributed by atoms with van der Waals surface area (Å²) in [7, 11) is 1.87. The van der Waals surface area contributed by atoms with Crippen LogP contribution in [0.2, 0.25) is 0 Å². The van der Waals surface area contributed by atoms with Crippen molar-refractivity contribution < 1.29 is 4.79 Å². The van der Waals surface area contributed by atoms with Crippen molar-refractivity contribution in [3.63, 3.8) is 0 Å². The van der Waals surface area contributed by atoms with Gasteiger partial charge in [0.1, 0.15) is 12.1 Å². The van der Waals surface area contributed by atoms with Gasteiger partial charge in [0.2, 0.25) is 5.91 Å².